The molecule has 0 radical (unpaired) electrons. The molecule has 0 aromatic rings. The zero-order valence-electron chi connectivity index (χ0n) is 2.97. The van der Waals surface area contributed by atoms with Crippen LogP contribution in [0.2, 0.25) is 0 Å². The molecule has 0 unspecified atom stereocenters. The van der Waals surface area contributed by atoms with Gasteiger partial charge in [0.1, 0.15) is 0 Å². The quantitative estimate of drug-likeness (QED) is 0.309. The van der Waals surface area contributed by atoms with Crippen molar-refractivity contribution in [1.29, 1.82) is 0 Å². The van der Waals surface area contributed by atoms with Crippen molar-refractivity contribution in [1.82, 2.24) is 5.32 Å². The number of carbonyl (C=O) groups excluding carboxylic acids is 2. The van der Waals surface area contributed by atoms with E-state index in [1.54, 1.807) is 5.32 Å². The van der Waals surface area contributed by atoms with Crippen LogP contribution in [-0.2, 0) is 4.79 Å². The first-order valence-corrected chi connectivity index (χ1v) is 1.27. The van der Waals surface area contributed by atoms with Crippen LogP contribution in [0.1, 0.15) is 0 Å². The molecule has 0 aliphatic heterocycles. The fourth-order valence-electron chi connectivity index (χ4n) is 0.0581. The molecule has 4 nitrogen and oxygen atoms in total. The van der Waals surface area contributed by atoms with Crippen LogP contribution in [0.5, 0.6) is 0 Å². The van der Waals surface area contributed by atoms with Crippen LogP contribution in [0.4, 0.5) is 4.79 Å². The Morgan fingerprint density at radius 1 is 1.71 bits per heavy atom. The molecule has 0 aliphatic carbocycles. The first kappa shape index (κ1) is 10.0. The molecule has 0 atom stereocenters. The minimum absolute atomic E-state index is 0. The molecule has 0 aromatic carbocycles. The number of hydrogen-bond acceptors (Lipinski definition) is 2. The molecular weight excluding hydrogens is 107 g/mol. The average molecular weight is 112 g/mol. The van der Waals surface area contributed by atoms with Gasteiger partial charge in [-0.05, 0) is 0 Å². The van der Waals surface area contributed by atoms with E-state index in [2.05, 4.69) is 5.73 Å². The molecule has 0 aromatic heterocycles. The summed E-state index contributed by atoms with van der Waals surface area (Å²) >= 11 is 0. The molecule has 3 N–H and O–H groups in total. The average Bonchev–Trinajstić information content (AvgIpc) is 1.35. The van der Waals surface area contributed by atoms with Gasteiger partial charge in [-0.2, -0.15) is 0 Å². The zero-order valence-corrected chi connectivity index (χ0v) is 2.97. The Balaban J connectivity index is 0. The van der Waals surface area contributed by atoms with E-state index in [0.29, 0.717) is 0 Å². The van der Waals surface area contributed by atoms with E-state index in [4.69, 9.17) is 0 Å². The second-order valence-electron chi connectivity index (χ2n) is 0.626. The zero-order chi connectivity index (χ0) is 4.99. The number of carbonyl (C=O) groups is 2. The van der Waals surface area contributed by atoms with Crippen molar-refractivity contribution in [2.45, 2.75) is 0 Å². The molecule has 0 fully saturated rings. The van der Waals surface area contributed by atoms with Crippen molar-refractivity contribution < 1.29 is 9.59 Å². The minimum atomic E-state index is -0.829. The van der Waals surface area contributed by atoms with E-state index in [-0.39, 0.29) is 36.0 Å². The van der Waals surface area contributed by atoms with E-state index in [0.717, 1.165) is 0 Å². The van der Waals surface area contributed by atoms with Crippen molar-refractivity contribution in [3.8, 4) is 0 Å². The Labute approximate surface area is 62.7 Å². The van der Waals surface area contributed by atoms with Gasteiger partial charge < -0.3 is 5.73 Å². The number of amides is 3. The first-order chi connectivity index (χ1) is 2.77. The maximum atomic E-state index is 9.48. The summed E-state index contributed by atoms with van der Waals surface area (Å²) < 4.78 is 0. The van der Waals surface area contributed by atoms with Crippen LogP contribution in [0.15, 0.2) is 0 Å². The third-order valence-corrected chi connectivity index (χ3v) is 0.201. The normalized spacial score (nSPS) is 5.71. The summed E-state index contributed by atoms with van der Waals surface area (Å²) in [6.45, 7) is 0. The van der Waals surface area contributed by atoms with Gasteiger partial charge in [0.05, 0.1) is 0 Å². The van der Waals surface area contributed by atoms with E-state index >= 15 is 0 Å². The topological polar surface area (TPSA) is 72.2 Å². The molecule has 3 amide bonds. The third kappa shape index (κ3) is 10.7. The fourth-order valence-corrected chi connectivity index (χ4v) is 0.0581. The molecule has 0 bridgehead atoms. The standard InChI is InChI=1S/C2H4N2O2.Na.H/c3-2(6)4-1-5;;/h1H,(H3,3,4,5,6);;. The van der Waals surface area contributed by atoms with Crippen LogP contribution in [-0.4, -0.2) is 42.0 Å². The molecule has 0 saturated carbocycles. The molecule has 7 heavy (non-hydrogen) atoms. The second kappa shape index (κ2) is 5.94. The summed E-state index contributed by atoms with van der Waals surface area (Å²) in [7, 11) is 0. The molecular formula is C2H5N2NaO2. The van der Waals surface area contributed by atoms with E-state index < -0.39 is 6.03 Å². The van der Waals surface area contributed by atoms with Gasteiger partial charge in [-0.1, -0.05) is 0 Å². The van der Waals surface area contributed by atoms with E-state index in [1.165, 1.54) is 0 Å². The van der Waals surface area contributed by atoms with Crippen LogP contribution in [0.25, 0.3) is 0 Å². The van der Waals surface area contributed by atoms with E-state index in [9.17, 15) is 9.59 Å². The summed E-state index contributed by atoms with van der Waals surface area (Å²) in [6.07, 6.45) is 0.225. The third-order valence-electron chi connectivity index (χ3n) is 0.201. The number of nitrogens with two attached hydrogens (primary N) is 1. The molecule has 0 rings (SSSR count). The van der Waals surface area contributed by atoms with Crippen molar-refractivity contribution in [2.75, 3.05) is 0 Å². The Kier molecular flexibility index (Phi) is 8.51. The van der Waals surface area contributed by atoms with Gasteiger partial charge in [0, 0.05) is 0 Å². The number of primary amides is 1. The van der Waals surface area contributed by atoms with Crippen molar-refractivity contribution >= 4 is 42.0 Å². The van der Waals surface area contributed by atoms with Crippen LogP contribution < -0.4 is 11.1 Å². The SMILES string of the molecule is NC(=O)NC=O.[NaH]. The van der Waals surface area contributed by atoms with Crippen molar-refractivity contribution in [3.63, 3.8) is 0 Å². The fraction of sp³-hybridized carbons (Fsp3) is 0. The van der Waals surface area contributed by atoms with Crippen molar-refractivity contribution in [3.05, 3.63) is 0 Å². The summed E-state index contributed by atoms with van der Waals surface area (Å²) in [5, 5.41) is 1.67. The molecule has 5 heteroatoms. The van der Waals surface area contributed by atoms with Gasteiger partial charge in [-0.3, -0.25) is 10.1 Å². The monoisotopic (exact) mass is 112 g/mol. The Bertz CT molecular complexity index is 74.1. The molecule has 36 valence electrons. The van der Waals surface area contributed by atoms with Gasteiger partial charge in [0.15, 0.2) is 0 Å². The van der Waals surface area contributed by atoms with Crippen LogP contribution in [0, 0.1) is 0 Å². The number of rotatable bonds is 1. The van der Waals surface area contributed by atoms with Gasteiger partial charge in [0.2, 0.25) is 6.41 Å². The predicted octanol–water partition coefficient (Wildman–Crippen LogP) is -1.84. The van der Waals surface area contributed by atoms with Gasteiger partial charge >= 0.3 is 35.6 Å². The van der Waals surface area contributed by atoms with Gasteiger partial charge in [-0.15, -0.1) is 0 Å². The Hall–Kier alpha value is -0.0600. The molecule has 0 spiro atoms. The maximum absolute atomic E-state index is 9.48. The van der Waals surface area contributed by atoms with Gasteiger partial charge in [-0.25, -0.2) is 4.79 Å². The van der Waals surface area contributed by atoms with Crippen LogP contribution >= 0.6 is 0 Å². The Morgan fingerprint density at radius 3 is 2.14 bits per heavy atom. The Morgan fingerprint density at radius 2 is 2.14 bits per heavy atom. The summed E-state index contributed by atoms with van der Waals surface area (Å²) in [4.78, 5) is 18.7. The molecule has 0 heterocycles. The molecule has 0 saturated heterocycles. The first-order valence-electron chi connectivity index (χ1n) is 1.27. The number of imide groups is 1. The van der Waals surface area contributed by atoms with Gasteiger partial charge in [0.25, 0.3) is 0 Å². The predicted molar refractivity (Wildman–Crippen MR) is 25.9 cm³/mol. The number of hydrogen-bond donors (Lipinski definition) is 2. The number of nitrogens with one attached hydrogen (secondary N) is 1. The molecule has 0 aliphatic rings. The van der Waals surface area contributed by atoms with E-state index in [1.807, 2.05) is 0 Å². The van der Waals surface area contributed by atoms with Crippen molar-refractivity contribution in [2.24, 2.45) is 5.73 Å². The summed E-state index contributed by atoms with van der Waals surface area (Å²) in [6, 6.07) is -0.829. The number of urea groups is 1. The summed E-state index contributed by atoms with van der Waals surface area (Å²) in [5.74, 6) is 0. The second-order valence-corrected chi connectivity index (χ2v) is 0.626. The van der Waals surface area contributed by atoms with Crippen LogP contribution in [0.3, 0.4) is 0 Å². The summed E-state index contributed by atoms with van der Waals surface area (Å²) in [5.41, 5.74) is 4.42.